The molecular formula is C22H25ClF2N4O. The molecule has 1 fully saturated rings. The molecule has 3 aliphatic rings. The number of hydrogen-bond donors (Lipinski definition) is 1. The Morgan fingerprint density at radius 1 is 1.23 bits per heavy atom. The van der Waals surface area contributed by atoms with Gasteiger partial charge in [0.2, 0.25) is 5.91 Å². The minimum absolute atomic E-state index is 0.0982. The number of carbonyl (C=O) groups is 1. The van der Waals surface area contributed by atoms with E-state index >= 15 is 0 Å². The number of rotatable bonds is 5. The Hall–Kier alpha value is -2.41. The van der Waals surface area contributed by atoms with Crippen LogP contribution >= 0.6 is 11.6 Å². The molecule has 2 unspecified atom stereocenters. The van der Waals surface area contributed by atoms with Gasteiger partial charge >= 0.3 is 0 Å². The molecule has 0 saturated carbocycles. The number of anilines is 1. The monoisotopic (exact) mass is 434 g/mol. The summed E-state index contributed by atoms with van der Waals surface area (Å²) in [6, 6.07) is 7.16. The van der Waals surface area contributed by atoms with Gasteiger partial charge in [0.15, 0.2) is 0 Å². The summed E-state index contributed by atoms with van der Waals surface area (Å²) >= 11 is 6.11. The summed E-state index contributed by atoms with van der Waals surface area (Å²) < 4.78 is 26.7. The lowest BCUT2D eigenvalue weighted by molar-refractivity contribution is -0.124. The van der Waals surface area contributed by atoms with Crippen molar-refractivity contribution in [3.8, 4) is 0 Å². The second kappa shape index (κ2) is 8.38. The standard InChI is InChI=1S/C22H25ClF2N4O/c1-2-18-20(29-14-16(23)5-8-19(29)27-18)21(30)26-13-15-3-6-17(7-4-15)28-11-9-22(24,25)10-12-28/h3-8,14,18,20H,2,9-13H2,1H3,(H,26,30). The van der Waals surface area contributed by atoms with E-state index in [-0.39, 0.29) is 24.8 Å². The third kappa shape index (κ3) is 4.36. The molecule has 4 rings (SSSR count). The van der Waals surface area contributed by atoms with Gasteiger partial charge in [-0.15, -0.1) is 0 Å². The lowest BCUT2D eigenvalue weighted by Gasteiger charge is -2.33. The average molecular weight is 435 g/mol. The van der Waals surface area contributed by atoms with Gasteiger partial charge in [0.1, 0.15) is 11.9 Å². The quantitative estimate of drug-likeness (QED) is 0.760. The van der Waals surface area contributed by atoms with Crippen LogP contribution < -0.4 is 10.2 Å². The second-order valence-electron chi connectivity index (χ2n) is 7.89. The molecule has 3 aliphatic heterocycles. The van der Waals surface area contributed by atoms with E-state index < -0.39 is 12.0 Å². The Morgan fingerprint density at radius 3 is 2.60 bits per heavy atom. The maximum absolute atomic E-state index is 13.3. The van der Waals surface area contributed by atoms with Crippen LogP contribution in [-0.4, -0.2) is 47.7 Å². The lowest BCUT2D eigenvalue weighted by Crippen LogP contribution is -2.48. The molecule has 0 bridgehead atoms. The van der Waals surface area contributed by atoms with Crippen molar-refractivity contribution >= 4 is 29.0 Å². The summed E-state index contributed by atoms with van der Waals surface area (Å²) in [6.45, 7) is 3.11. The highest BCUT2D eigenvalue weighted by Gasteiger charge is 2.39. The number of alkyl halides is 2. The van der Waals surface area contributed by atoms with Gasteiger partial charge in [-0.3, -0.25) is 9.79 Å². The van der Waals surface area contributed by atoms with E-state index in [4.69, 9.17) is 11.6 Å². The molecule has 1 N–H and O–H groups in total. The molecule has 0 radical (unpaired) electrons. The molecule has 5 nitrogen and oxygen atoms in total. The van der Waals surface area contributed by atoms with Crippen molar-refractivity contribution in [1.82, 2.24) is 10.2 Å². The molecule has 0 spiro atoms. The number of benzene rings is 1. The molecule has 30 heavy (non-hydrogen) atoms. The molecule has 1 aromatic carbocycles. The minimum atomic E-state index is -2.55. The molecule has 1 saturated heterocycles. The Bertz CT molecular complexity index is 887. The zero-order valence-electron chi connectivity index (χ0n) is 16.8. The van der Waals surface area contributed by atoms with Crippen LogP contribution in [0.4, 0.5) is 14.5 Å². The molecule has 1 aromatic rings. The van der Waals surface area contributed by atoms with Gasteiger partial charge in [0.05, 0.1) is 11.1 Å². The molecule has 160 valence electrons. The fourth-order valence-corrected chi connectivity index (χ4v) is 4.23. The molecule has 0 aliphatic carbocycles. The first-order valence-corrected chi connectivity index (χ1v) is 10.6. The number of nitrogens with zero attached hydrogens (tertiary/aromatic N) is 3. The first kappa shape index (κ1) is 20.8. The van der Waals surface area contributed by atoms with Crippen molar-refractivity contribution in [2.24, 2.45) is 4.99 Å². The van der Waals surface area contributed by atoms with Crippen molar-refractivity contribution in [3.05, 3.63) is 53.2 Å². The highest BCUT2D eigenvalue weighted by Crippen LogP contribution is 2.30. The summed E-state index contributed by atoms with van der Waals surface area (Å²) in [7, 11) is 0. The Balaban J connectivity index is 1.35. The van der Waals surface area contributed by atoms with E-state index in [2.05, 4.69) is 10.3 Å². The molecular weight excluding hydrogens is 410 g/mol. The van der Waals surface area contributed by atoms with E-state index in [0.29, 0.717) is 24.7 Å². The number of halogens is 3. The largest absolute Gasteiger partial charge is 0.371 e. The van der Waals surface area contributed by atoms with E-state index in [1.54, 1.807) is 12.3 Å². The highest BCUT2D eigenvalue weighted by atomic mass is 35.5. The predicted octanol–water partition coefficient (Wildman–Crippen LogP) is 4.05. The van der Waals surface area contributed by atoms with Gasteiger partial charge in [-0.2, -0.15) is 0 Å². The third-order valence-electron chi connectivity index (χ3n) is 5.83. The summed E-state index contributed by atoms with van der Waals surface area (Å²) in [6.07, 6.45) is 5.87. The number of amidine groups is 1. The van der Waals surface area contributed by atoms with Crippen molar-refractivity contribution in [2.75, 3.05) is 18.0 Å². The molecule has 3 heterocycles. The van der Waals surface area contributed by atoms with Crippen LogP contribution in [0.3, 0.4) is 0 Å². The summed E-state index contributed by atoms with van der Waals surface area (Å²) in [4.78, 5) is 21.4. The van der Waals surface area contributed by atoms with Gasteiger partial charge in [-0.05, 0) is 36.3 Å². The normalized spacial score (nSPS) is 24.9. The van der Waals surface area contributed by atoms with E-state index in [0.717, 1.165) is 23.5 Å². The SMILES string of the molecule is CCC1N=C2C=CC(Cl)=CN2C1C(=O)NCc1ccc(N2CCC(F)(F)CC2)cc1. The second-order valence-corrected chi connectivity index (χ2v) is 8.33. The van der Waals surface area contributed by atoms with Gasteiger partial charge in [-0.1, -0.05) is 30.7 Å². The van der Waals surface area contributed by atoms with Gasteiger partial charge < -0.3 is 15.1 Å². The van der Waals surface area contributed by atoms with Crippen molar-refractivity contribution < 1.29 is 13.6 Å². The van der Waals surface area contributed by atoms with Crippen LogP contribution in [0.15, 0.2) is 52.6 Å². The molecule has 0 aromatic heterocycles. The van der Waals surface area contributed by atoms with E-state index in [1.165, 1.54) is 0 Å². The average Bonchev–Trinajstić information content (AvgIpc) is 3.10. The van der Waals surface area contributed by atoms with Crippen LogP contribution in [0.25, 0.3) is 0 Å². The van der Waals surface area contributed by atoms with Crippen molar-refractivity contribution in [3.63, 3.8) is 0 Å². The Kier molecular flexibility index (Phi) is 5.82. The number of carbonyl (C=O) groups excluding carboxylic acids is 1. The molecule has 1 amide bonds. The fraction of sp³-hybridized carbons (Fsp3) is 0.455. The third-order valence-corrected chi connectivity index (χ3v) is 6.05. The minimum Gasteiger partial charge on any atom is -0.371 e. The fourth-order valence-electron chi connectivity index (χ4n) is 4.07. The summed E-state index contributed by atoms with van der Waals surface area (Å²) in [5, 5.41) is 3.56. The van der Waals surface area contributed by atoms with E-state index in [1.807, 2.05) is 47.1 Å². The van der Waals surface area contributed by atoms with Gasteiger partial charge in [-0.25, -0.2) is 8.78 Å². The maximum Gasteiger partial charge on any atom is 0.251 e. The first-order valence-electron chi connectivity index (χ1n) is 10.3. The number of hydrogen-bond acceptors (Lipinski definition) is 4. The zero-order valence-corrected chi connectivity index (χ0v) is 17.6. The van der Waals surface area contributed by atoms with Crippen LogP contribution in [0.2, 0.25) is 0 Å². The number of piperidine rings is 1. The topological polar surface area (TPSA) is 47.9 Å². The number of allylic oxidation sites excluding steroid dienone is 2. The number of nitrogens with one attached hydrogen (secondary N) is 1. The van der Waals surface area contributed by atoms with Crippen molar-refractivity contribution in [2.45, 2.75) is 50.7 Å². The predicted molar refractivity (Wildman–Crippen MR) is 115 cm³/mol. The first-order chi connectivity index (χ1) is 14.4. The highest BCUT2D eigenvalue weighted by molar-refractivity contribution is 6.32. The van der Waals surface area contributed by atoms with Crippen LogP contribution in [0, 0.1) is 0 Å². The molecule has 2 atom stereocenters. The van der Waals surface area contributed by atoms with Gasteiger partial charge in [0.25, 0.3) is 5.92 Å². The number of aliphatic imine (C=N–C) groups is 1. The summed E-state index contributed by atoms with van der Waals surface area (Å²) in [5.41, 5.74) is 1.88. The zero-order chi connectivity index (χ0) is 21.3. The smallest absolute Gasteiger partial charge is 0.251 e. The van der Waals surface area contributed by atoms with Crippen LogP contribution in [0.5, 0.6) is 0 Å². The van der Waals surface area contributed by atoms with Gasteiger partial charge in [0, 0.05) is 44.4 Å². The maximum atomic E-state index is 13.3. The Morgan fingerprint density at radius 2 is 1.93 bits per heavy atom. The van der Waals surface area contributed by atoms with Crippen molar-refractivity contribution in [1.29, 1.82) is 0 Å². The lowest BCUT2D eigenvalue weighted by atomic mass is 10.0. The number of amides is 1. The summed E-state index contributed by atoms with van der Waals surface area (Å²) in [5.74, 6) is -1.90. The number of fused-ring (bicyclic) bond motifs is 1. The van der Waals surface area contributed by atoms with E-state index in [9.17, 15) is 13.6 Å². The van der Waals surface area contributed by atoms with Crippen LogP contribution in [0.1, 0.15) is 31.7 Å². The molecule has 8 heteroatoms. The van der Waals surface area contributed by atoms with Crippen LogP contribution in [-0.2, 0) is 11.3 Å². The Labute approximate surface area is 180 Å².